The third-order valence-corrected chi connectivity index (χ3v) is 3.90. The van der Waals surface area contributed by atoms with Gasteiger partial charge in [-0.25, -0.2) is 0 Å². The van der Waals surface area contributed by atoms with Crippen molar-refractivity contribution in [3.63, 3.8) is 0 Å². The topological polar surface area (TPSA) is 32.7 Å². The Kier molecular flexibility index (Phi) is 2.16. The summed E-state index contributed by atoms with van der Waals surface area (Å²) < 4.78 is 5.94. The molecule has 2 heterocycles. The minimum Gasteiger partial charge on any atom is -0.394 e. The lowest BCUT2D eigenvalue weighted by atomic mass is 9.93. The van der Waals surface area contributed by atoms with Crippen molar-refractivity contribution in [1.82, 2.24) is 4.90 Å². The van der Waals surface area contributed by atoms with Crippen LogP contribution < -0.4 is 0 Å². The zero-order valence-corrected chi connectivity index (χ0v) is 9.11. The van der Waals surface area contributed by atoms with Crippen molar-refractivity contribution in [1.29, 1.82) is 0 Å². The molecule has 2 aliphatic heterocycles. The van der Waals surface area contributed by atoms with Crippen LogP contribution in [0.5, 0.6) is 0 Å². The molecular formula is C12H19NO2. The second kappa shape index (κ2) is 3.30. The van der Waals surface area contributed by atoms with Gasteiger partial charge in [0.15, 0.2) is 0 Å². The summed E-state index contributed by atoms with van der Waals surface area (Å²) in [5.74, 6) is 0. The molecule has 3 rings (SSSR count). The molecule has 1 N–H and O–H groups in total. The van der Waals surface area contributed by atoms with E-state index < -0.39 is 0 Å². The number of hydrogen-bond donors (Lipinski definition) is 1. The van der Waals surface area contributed by atoms with Gasteiger partial charge in [-0.1, -0.05) is 12.2 Å². The second-order valence-electron chi connectivity index (χ2n) is 5.35. The van der Waals surface area contributed by atoms with E-state index in [4.69, 9.17) is 4.74 Å². The van der Waals surface area contributed by atoms with E-state index >= 15 is 0 Å². The van der Waals surface area contributed by atoms with Crippen molar-refractivity contribution >= 4 is 0 Å². The van der Waals surface area contributed by atoms with Crippen molar-refractivity contribution in [2.24, 2.45) is 0 Å². The molecule has 3 fully saturated rings. The first kappa shape index (κ1) is 9.82. The summed E-state index contributed by atoms with van der Waals surface area (Å²) in [6, 6.07) is 0. The number of fused-ring (bicyclic) bond motifs is 1. The van der Waals surface area contributed by atoms with Gasteiger partial charge in [-0.05, 0) is 25.7 Å². The summed E-state index contributed by atoms with van der Waals surface area (Å²) in [4.78, 5) is 2.36. The molecule has 1 aliphatic carbocycles. The molecule has 2 unspecified atom stereocenters. The minimum atomic E-state index is -0.0311. The van der Waals surface area contributed by atoms with Crippen LogP contribution in [-0.4, -0.2) is 47.4 Å². The van der Waals surface area contributed by atoms with Crippen molar-refractivity contribution in [3.05, 3.63) is 12.2 Å². The molecule has 1 saturated carbocycles. The maximum Gasteiger partial charge on any atom is 0.0724 e. The predicted molar refractivity (Wildman–Crippen MR) is 57.7 cm³/mol. The van der Waals surface area contributed by atoms with Gasteiger partial charge in [-0.15, -0.1) is 0 Å². The second-order valence-corrected chi connectivity index (χ2v) is 5.35. The van der Waals surface area contributed by atoms with Crippen molar-refractivity contribution < 1.29 is 9.84 Å². The molecule has 2 atom stereocenters. The Morgan fingerprint density at radius 1 is 1.47 bits per heavy atom. The third kappa shape index (κ3) is 1.63. The number of hydrogen-bond acceptors (Lipinski definition) is 3. The maximum atomic E-state index is 9.57. The number of nitrogens with zero attached hydrogens (tertiary/aromatic N) is 1. The van der Waals surface area contributed by atoms with Gasteiger partial charge >= 0.3 is 0 Å². The van der Waals surface area contributed by atoms with E-state index in [1.807, 2.05) is 0 Å². The Labute approximate surface area is 90.7 Å². The summed E-state index contributed by atoms with van der Waals surface area (Å²) in [6.45, 7) is 6.21. The van der Waals surface area contributed by atoms with E-state index in [1.165, 1.54) is 18.4 Å². The lowest BCUT2D eigenvalue weighted by molar-refractivity contribution is 0.0440. The van der Waals surface area contributed by atoms with Gasteiger partial charge in [0, 0.05) is 13.1 Å². The normalized spacial score (nSPS) is 41.1. The number of aliphatic hydroxyl groups excluding tert-OH is 1. The van der Waals surface area contributed by atoms with Gasteiger partial charge in [-0.2, -0.15) is 0 Å². The molecule has 0 aromatic carbocycles. The van der Waals surface area contributed by atoms with E-state index in [0.29, 0.717) is 12.2 Å². The Balaban J connectivity index is 1.69. The first-order valence-corrected chi connectivity index (χ1v) is 5.90. The molecule has 0 radical (unpaired) electrons. The molecule has 84 valence electrons. The van der Waals surface area contributed by atoms with Gasteiger partial charge in [0.1, 0.15) is 0 Å². The van der Waals surface area contributed by atoms with Gasteiger partial charge in [0.2, 0.25) is 0 Å². The lowest BCUT2D eigenvalue weighted by Crippen LogP contribution is -2.41. The van der Waals surface area contributed by atoms with Gasteiger partial charge in [-0.3, -0.25) is 4.90 Å². The highest BCUT2D eigenvalue weighted by atomic mass is 16.5. The number of ether oxygens (including phenoxy) is 1. The van der Waals surface area contributed by atoms with Crippen molar-refractivity contribution in [2.75, 3.05) is 19.7 Å². The summed E-state index contributed by atoms with van der Waals surface area (Å²) >= 11 is 0. The Morgan fingerprint density at radius 2 is 2.27 bits per heavy atom. The highest BCUT2D eigenvalue weighted by Gasteiger charge is 2.50. The SMILES string of the molecule is C=C1CN2CC(OC3CC3)CC2(CO)C1. The maximum absolute atomic E-state index is 9.57. The van der Waals surface area contributed by atoms with Crippen LogP contribution in [0.2, 0.25) is 0 Å². The lowest BCUT2D eigenvalue weighted by Gasteiger charge is -2.28. The molecular weight excluding hydrogens is 190 g/mol. The van der Waals surface area contributed by atoms with Crippen LogP contribution in [0.4, 0.5) is 0 Å². The minimum absolute atomic E-state index is 0.0311. The molecule has 3 aliphatic rings. The fraction of sp³-hybridized carbons (Fsp3) is 0.833. The summed E-state index contributed by atoms with van der Waals surface area (Å²) in [7, 11) is 0. The fourth-order valence-corrected chi connectivity index (χ4v) is 3.05. The summed E-state index contributed by atoms with van der Waals surface area (Å²) in [5, 5.41) is 9.57. The molecule has 2 saturated heterocycles. The monoisotopic (exact) mass is 209 g/mol. The van der Waals surface area contributed by atoms with Gasteiger partial charge < -0.3 is 9.84 Å². The van der Waals surface area contributed by atoms with E-state index in [-0.39, 0.29) is 12.1 Å². The first-order chi connectivity index (χ1) is 7.22. The van der Waals surface area contributed by atoms with E-state index in [9.17, 15) is 5.11 Å². The number of rotatable bonds is 3. The van der Waals surface area contributed by atoms with Crippen LogP contribution in [0.3, 0.4) is 0 Å². The molecule has 15 heavy (non-hydrogen) atoms. The molecule has 0 aromatic heterocycles. The van der Waals surface area contributed by atoms with E-state index in [1.54, 1.807) is 0 Å². The predicted octanol–water partition coefficient (Wildman–Crippen LogP) is 0.931. The zero-order valence-electron chi connectivity index (χ0n) is 9.11. The van der Waals surface area contributed by atoms with Gasteiger partial charge in [0.25, 0.3) is 0 Å². The molecule has 0 amide bonds. The smallest absolute Gasteiger partial charge is 0.0724 e. The quantitative estimate of drug-likeness (QED) is 0.702. The van der Waals surface area contributed by atoms with Crippen molar-refractivity contribution in [3.8, 4) is 0 Å². The van der Waals surface area contributed by atoms with E-state index in [0.717, 1.165) is 25.9 Å². The standard InChI is InChI=1S/C12H19NO2/c1-9-4-12(8-14)5-11(7-13(12)6-9)15-10-2-3-10/h10-11,14H,1-8H2. The average Bonchev–Trinajstić information content (AvgIpc) is 2.84. The Bertz CT molecular complexity index is 287. The average molecular weight is 209 g/mol. The molecule has 0 aromatic rings. The van der Waals surface area contributed by atoms with Crippen LogP contribution in [0.25, 0.3) is 0 Å². The zero-order chi connectivity index (χ0) is 10.5. The molecule has 3 heteroatoms. The van der Waals surface area contributed by atoms with Crippen LogP contribution in [-0.2, 0) is 4.74 Å². The highest BCUT2D eigenvalue weighted by Crippen LogP contribution is 2.42. The number of aliphatic hydroxyl groups is 1. The van der Waals surface area contributed by atoms with Crippen LogP contribution in [0.15, 0.2) is 12.2 Å². The van der Waals surface area contributed by atoms with Crippen LogP contribution >= 0.6 is 0 Å². The third-order valence-electron chi connectivity index (χ3n) is 3.90. The first-order valence-electron chi connectivity index (χ1n) is 5.90. The highest BCUT2D eigenvalue weighted by molar-refractivity contribution is 5.19. The molecule has 0 spiro atoms. The Hall–Kier alpha value is -0.380. The largest absolute Gasteiger partial charge is 0.394 e. The summed E-state index contributed by atoms with van der Waals surface area (Å²) in [6.07, 6.45) is 5.27. The van der Waals surface area contributed by atoms with E-state index in [2.05, 4.69) is 11.5 Å². The van der Waals surface area contributed by atoms with Crippen LogP contribution in [0.1, 0.15) is 25.7 Å². The summed E-state index contributed by atoms with van der Waals surface area (Å²) in [5.41, 5.74) is 1.23. The van der Waals surface area contributed by atoms with Crippen LogP contribution in [0, 0.1) is 0 Å². The Morgan fingerprint density at radius 3 is 2.87 bits per heavy atom. The molecule has 0 bridgehead atoms. The fourth-order valence-electron chi connectivity index (χ4n) is 3.05. The van der Waals surface area contributed by atoms with Gasteiger partial charge in [0.05, 0.1) is 24.4 Å². The van der Waals surface area contributed by atoms with Crippen molar-refractivity contribution in [2.45, 2.75) is 43.4 Å². The molecule has 3 nitrogen and oxygen atoms in total.